The number of halogens is 1. The van der Waals surface area contributed by atoms with Crippen molar-refractivity contribution in [1.82, 2.24) is 15.5 Å². The molecule has 0 saturated carbocycles. The zero-order valence-electron chi connectivity index (χ0n) is 11.2. The Hall–Kier alpha value is -1.20. The Kier molecular flexibility index (Phi) is 5.10. The molecule has 1 N–H and O–H groups in total. The van der Waals surface area contributed by atoms with E-state index in [1.807, 2.05) is 24.3 Å². The molecule has 4 nitrogen and oxygen atoms in total. The van der Waals surface area contributed by atoms with Crippen molar-refractivity contribution in [2.45, 2.75) is 32.7 Å². The second kappa shape index (κ2) is 6.82. The summed E-state index contributed by atoms with van der Waals surface area (Å²) >= 11 is 3.49. The van der Waals surface area contributed by atoms with Crippen molar-refractivity contribution in [1.29, 1.82) is 0 Å². The molecular formula is C14H18BrN3O. The monoisotopic (exact) mass is 323 g/mol. The highest BCUT2D eigenvalue weighted by Gasteiger charge is 2.11. The minimum atomic E-state index is 0.462. The second-order valence-corrected chi connectivity index (χ2v) is 5.34. The Balaban J connectivity index is 2.02. The molecule has 0 spiro atoms. The predicted octanol–water partition coefficient (Wildman–Crippen LogP) is 3.43. The molecule has 1 aromatic carbocycles. The van der Waals surface area contributed by atoms with Crippen molar-refractivity contribution >= 4 is 15.9 Å². The smallest absolute Gasteiger partial charge is 0.227 e. The first-order valence-corrected chi connectivity index (χ1v) is 7.31. The molecule has 102 valence electrons. The molecule has 2 aromatic rings. The lowest BCUT2D eigenvalue weighted by Crippen LogP contribution is -2.25. The van der Waals surface area contributed by atoms with Crippen molar-refractivity contribution < 1.29 is 4.52 Å². The van der Waals surface area contributed by atoms with Gasteiger partial charge in [-0.15, -0.1) is 0 Å². The van der Waals surface area contributed by atoms with Gasteiger partial charge in [0.15, 0.2) is 0 Å². The molecule has 0 amide bonds. The van der Waals surface area contributed by atoms with Crippen LogP contribution in [-0.4, -0.2) is 22.7 Å². The maximum atomic E-state index is 5.29. The van der Waals surface area contributed by atoms with Crippen LogP contribution < -0.4 is 5.32 Å². The predicted molar refractivity (Wildman–Crippen MR) is 78.9 cm³/mol. The highest BCUT2D eigenvalue weighted by Crippen LogP contribution is 2.25. The van der Waals surface area contributed by atoms with Crippen LogP contribution in [0.2, 0.25) is 0 Å². The highest BCUT2D eigenvalue weighted by atomic mass is 79.9. The molecule has 0 aliphatic rings. The quantitative estimate of drug-likeness (QED) is 0.884. The van der Waals surface area contributed by atoms with Crippen LogP contribution in [0.15, 0.2) is 33.3 Å². The number of hydrogen-bond acceptors (Lipinski definition) is 4. The van der Waals surface area contributed by atoms with Gasteiger partial charge in [-0.2, -0.15) is 4.98 Å². The Morgan fingerprint density at radius 3 is 2.89 bits per heavy atom. The van der Waals surface area contributed by atoms with Crippen LogP contribution >= 0.6 is 15.9 Å². The Bertz CT molecular complexity index is 527. The third-order valence-electron chi connectivity index (χ3n) is 2.93. The number of aryl methyl sites for hydroxylation is 1. The molecule has 0 bridgehead atoms. The minimum absolute atomic E-state index is 0.462. The normalized spacial score (nSPS) is 12.6. The largest absolute Gasteiger partial charge is 0.339 e. The van der Waals surface area contributed by atoms with Crippen LogP contribution in [0, 0.1) is 0 Å². The van der Waals surface area contributed by atoms with E-state index < -0.39 is 0 Å². The molecule has 19 heavy (non-hydrogen) atoms. The van der Waals surface area contributed by atoms with Gasteiger partial charge < -0.3 is 9.84 Å². The van der Waals surface area contributed by atoms with E-state index in [1.165, 1.54) is 0 Å². The molecular weight excluding hydrogens is 306 g/mol. The molecule has 1 atom stereocenters. The van der Waals surface area contributed by atoms with E-state index in [0.29, 0.717) is 17.8 Å². The fourth-order valence-corrected chi connectivity index (χ4v) is 2.36. The lowest BCUT2D eigenvalue weighted by molar-refractivity contribution is 0.368. The summed E-state index contributed by atoms with van der Waals surface area (Å²) in [5, 5.41) is 7.40. The van der Waals surface area contributed by atoms with E-state index in [2.05, 4.69) is 45.2 Å². The number of rotatable bonds is 6. The molecule has 1 unspecified atom stereocenters. The standard InChI is InChI=1S/C14H18BrN3O/c1-3-16-10(2)8-9-13-17-14(18-19-13)11-6-4-5-7-12(11)15/h4-7,10,16H,3,8-9H2,1-2H3. The summed E-state index contributed by atoms with van der Waals surface area (Å²) in [5.74, 6) is 1.33. The van der Waals surface area contributed by atoms with Crippen LogP contribution in [-0.2, 0) is 6.42 Å². The zero-order valence-corrected chi connectivity index (χ0v) is 12.8. The molecule has 2 rings (SSSR count). The maximum Gasteiger partial charge on any atom is 0.227 e. The van der Waals surface area contributed by atoms with E-state index >= 15 is 0 Å². The summed E-state index contributed by atoms with van der Waals surface area (Å²) in [4.78, 5) is 4.44. The summed E-state index contributed by atoms with van der Waals surface area (Å²) in [6.45, 7) is 5.25. The van der Waals surface area contributed by atoms with Gasteiger partial charge in [0.1, 0.15) is 0 Å². The molecule has 0 saturated heterocycles. The summed E-state index contributed by atoms with van der Waals surface area (Å²) in [6.07, 6.45) is 1.79. The Morgan fingerprint density at radius 1 is 1.37 bits per heavy atom. The molecule has 0 fully saturated rings. The second-order valence-electron chi connectivity index (χ2n) is 4.49. The van der Waals surface area contributed by atoms with Gasteiger partial charge in [-0.1, -0.05) is 40.1 Å². The average Bonchev–Trinajstić information content (AvgIpc) is 2.86. The molecule has 1 heterocycles. The van der Waals surface area contributed by atoms with Crippen LogP contribution in [0.4, 0.5) is 0 Å². The molecule has 0 aliphatic carbocycles. The van der Waals surface area contributed by atoms with Gasteiger partial charge in [0.05, 0.1) is 0 Å². The van der Waals surface area contributed by atoms with Crippen LogP contribution in [0.25, 0.3) is 11.4 Å². The third kappa shape index (κ3) is 3.88. The Labute approximate surface area is 121 Å². The first kappa shape index (κ1) is 14.2. The number of benzene rings is 1. The van der Waals surface area contributed by atoms with Crippen molar-refractivity contribution in [3.63, 3.8) is 0 Å². The van der Waals surface area contributed by atoms with Crippen molar-refractivity contribution in [3.05, 3.63) is 34.6 Å². The first-order valence-electron chi connectivity index (χ1n) is 6.51. The van der Waals surface area contributed by atoms with Crippen LogP contribution in [0.1, 0.15) is 26.2 Å². The topological polar surface area (TPSA) is 51.0 Å². The summed E-state index contributed by atoms with van der Waals surface area (Å²) in [5.41, 5.74) is 0.956. The van der Waals surface area contributed by atoms with Gasteiger partial charge in [0, 0.05) is 22.5 Å². The lowest BCUT2D eigenvalue weighted by atomic mass is 10.2. The number of hydrogen-bond donors (Lipinski definition) is 1. The minimum Gasteiger partial charge on any atom is -0.339 e. The van der Waals surface area contributed by atoms with Crippen molar-refractivity contribution in [3.8, 4) is 11.4 Å². The highest BCUT2D eigenvalue weighted by molar-refractivity contribution is 9.10. The zero-order chi connectivity index (χ0) is 13.7. The average molecular weight is 324 g/mol. The summed E-state index contributed by atoms with van der Waals surface area (Å²) in [7, 11) is 0. The SMILES string of the molecule is CCNC(C)CCc1nc(-c2ccccc2Br)no1. The van der Waals surface area contributed by atoms with Crippen molar-refractivity contribution in [2.75, 3.05) is 6.54 Å². The van der Waals surface area contributed by atoms with Gasteiger partial charge in [0.2, 0.25) is 11.7 Å². The van der Waals surface area contributed by atoms with Crippen molar-refractivity contribution in [2.24, 2.45) is 0 Å². The summed E-state index contributed by atoms with van der Waals surface area (Å²) < 4.78 is 6.27. The molecule has 5 heteroatoms. The molecule has 1 aromatic heterocycles. The number of nitrogens with one attached hydrogen (secondary N) is 1. The lowest BCUT2D eigenvalue weighted by Gasteiger charge is -2.09. The van der Waals surface area contributed by atoms with Gasteiger partial charge in [-0.3, -0.25) is 0 Å². The fraction of sp³-hybridized carbons (Fsp3) is 0.429. The maximum absolute atomic E-state index is 5.29. The van der Waals surface area contributed by atoms with Gasteiger partial charge >= 0.3 is 0 Å². The van der Waals surface area contributed by atoms with Crippen LogP contribution in [0.5, 0.6) is 0 Å². The van der Waals surface area contributed by atoms with E-state index in [4.69, 9.17) is 4.52 Å². The van der Waals surface area contributed by atoms with Gasteiger partial charge in [-0.05, 0) is 32.0 Å². The Morgan fingerprint density at radius 2 is 2.16 bits per heavy atom. The number of aromatic nitrogens is 2. The summed E-state index contributed by atoms with van der Waals surface area (Å²) in [6, 6.07) is 8.33. The van der Waals surface area contributed by atoms with Gasteiger partial charge in [-0.25, -0.2) is 0 Å². The number of nitrogens with zero attached hydrogens (tertiary/aromatic N) is 2. The van der Waals surface area contributed by atoms with E-state index in [0.717, 1.165) is 29.4 Å². The molecule has 0 aliphatic heterocycles. The molecule has 0 radical (unpaired) electrons. The van der Waals surface area contributed by atoms with Gasteiger partial charge in [0.25, 0.3) is 0 Å². The fourth-order valence-electron chi connectivity index (χ4n) is 1.90. The third-order valence-corrected chi connectivity index (χ3v) is 3.62. The van der Waals surface area contributed by atoms with Crippen LogP contribution in [0.3, 0.4) is 0 Å². The van der Waals surface area contributed by atoms with E-state index in [9.17, 15) is 0 Å². The first-order chi connectivity index (χ1) is 9.20. The van der Waals surface area contributed by atoms with E-state index in [-0.39, 0.29) is 0 Å². The van der Waals surface area contributed by atoms with E-state index in [1.54, 1.807) is 0 Å².